The lowest BCUT2D eigenvalue weighted by Gasteiger charge is -2.10. The molecule has 0 unspecified atom stereocenters. The number of rotatable bonds is 5. The van der Waals surface area contributed by atoms with Gasteiger partial charge in [0.2, 0.25) is 23.6 Å². The Morgan fingerprint density at radius 1 is 1.00 bits per heavy atom. The average molecular weight is 328 g/mol. The largest absolute Gasteiger partial charge is 0.481 e. The average Bonchev–Trinajstić information content (AvgIpc) is 2.61. The number of hydrogen-bond donors (Lipinski definition) is 1. The van der Waals surface area contributed by atoms with Crippen LogP contribution in [0.5, 0.6) is 17.6 Å². The zero-order chi connectivity index (χ0) is 17.1. The molecule has 0 aliphatic rings. The predicted molar refractivity (Wildman–Crippen MR) is 87.0 cm³/mol. The Bertz CT molecular complexity index is 886. The van der Waals surface area contributed by atoms with Crippen LogP contribution in [0.3, 0.4) is 0 Å². The number of hydrogen-bond acceptors (Lipinski definition) is 9. The highest BCUT2D eigenvalue weighted by molar-refractivity contribution is 5.80. The molecule has 9 heteroatoms. The van der Waals surface area contributed by atoms with E-state index in [-0.39, 0.29) is 11.8 Å². The number of nitrogen functional groups attached to an aromatic ring is 1. The number of aromatic nitrogens is 5. The minimum Gasteiger partial charge on any atom is -0.481 e. The lowest BCUT2D eigenvalue weighted by molar-refractivity contribution is 0.330. The first-order valence-corrected chi connectivity index (χ1v) is 7.18. The fourth-order valence-corrected chi connectivity index (χ4v) is 2.15. The Hall–Kier alpha value is -3.23. The van der Waals surface area contributed by atoms with Crippen molar-refractivity contribution in [3.8, 4) is 28.9 Å². The van der Waals surface area contributed by atoms with Crippen LogP contribution in [0, 0.1) is 0 Å². The van der Waals surface area contributed by atoms with Gasteiger partial charge in [0, 0.05) is 6.07 Å². The molecule has 0 aliphatic heterocycles. The number of nitrogens with zero attached hydrogens (tertiary/aromatic N) is 5. The summed E-state index contributed by atoms with van der Waals surface area (Å²) in [6, 6.07) is 3.51. The van der Waals surface area contributed by atoms with Crippen molar-refractivity contribution in [1.29, 1.82) is 0 Å². The summed E-state index contributed by atoms with van der Waals surface area (Å²) in [7, 11) is 3.06. The van der Waals surface area contributed by atoms with Gasteiger partial charge in [-0.05, 0) is 13.0 Å². The van der Waals surface area contributed by atoms with Crippen LogP contribution in [0.15, 0.2) is 18.3 Å². The van der Waals surface area contributed by atoms with Crippen LogP contribution in [0.25, 0.3) is 22.4 Å². The molecule has 0 spiro atoms. The Balaban J connectivity index is 2.17. The Labute approximate surface area is 137 Å². The minimum atomic E-state index is 0.0803. The first-order valence-electron chi connectivity index (χ1n) is 7.18. The minimum absolute atomic E-state index is 0.0803. The van der Waals surface area contributed by atoms with Crippen LogP contribution < -0.4 is 19.9 Å². The number of fused-ring (bicyclic) bond motifs is 1. The summed E-state index contributed by atoms with van der Waals surface area (Å²) in [6.45, 7) is 2.27. The van der Waals surface area contributed by atoms with Crippen LogP contribution in [0.2, 0.25) is 0 Å². The normalized spacial score (nSPS) is 10.6. The van der Waals surface area contributed by atoms with Gasteiger partial charge >= 0.3 is 0 Å². The van der Waals surface area contributed by atoms with Crippen molar-refractivity contribution in [2.24, 2.45) is 0 Å². The Morgan fingerprint density at radius 2 is 1.83 bits per heavy atom. The molecule has 0 radical (unpaired) electrons. The smallest absolute Gasteiger partial charge is 0.247 e. The Morgan fingerprint density at radius 3 is 2.54 bits per heavy atom. The van der Waals surface area contributed by atoms with Gasteiger partial charge in [-0.25, -0.2) is 9.97 Å². The second kappa shape index (κ2) is 6.49. The summed E-state index contributed by atoms with van der Waals surface area (Å²) >= 11 is 0. The van der Waals surface area contributed by atoms with Crippen LogP contribution in [-0.2, 0) is 0 Å². The van der Waals surface area contributed by atoms with Gasteiger partial charge in [0.15, 0.2) is 11.2 Å². The SMILES string of the molecule is CCOc1nc(N)nc2ncc(-c3ccc(OC)nc3OC)nc12. The first kappa shape index (κ1) is 15.7. The van der Waals surface area contributed by atoms with E-state index in [1.165, 1.54) is 14.2 Å². The summed E-state index contributed by atoms with van der Waals surface area (Å²) in [5, 5.41) is 0. The zero-order valence-corrected chi connectivity index (χ0v) is 13.5. The first-order chi connectivity index (χ1) is 11.7. The molecule has 0 fully saturated rings. The number of methoxy groups -OCH3 is 2. The summed E-state index contributed by atoms with van der Waals surface area (Å²) in [4.78, 5) is 21.2. The van der Waals surface area contributed by atoms with E-state index in [0.717, 1.165) is 0 Å². The quantitative estimate of drug-likeness (QED) is 0.742. The molecule has 9 nitrogen and oxygen atoms in total. The predicted octanol–water partition coefficient (Wildman–Crippen LogP) is 1.48. The third-order valence-corrected chi connectivity index (χ3v) is 3.19. The standard InChI is InChI=1S/C15H16N6O3/c1-4-24-14-11-12(20-15(16)21-14)17-7-9(18-11)8-5-6-10(22-2)19-13(8)23-3/h5-7H,4H2,1-3H3,(H2,16,17,20,21). The van der Waals surface area contributed by atoms with Crippen LogP contribution >= 0.6 is 0 Å². The summed E-state index contributed by atoms with van der Waals surface area (Å²) in [6.07, 6.45) is 1.57. The van der Waals surface area contributed by atoms with Gasteiger partial charge in [-0.1, -0.05) is 0 Å². The highest BCUT2D eigenvalue weighted by Gasteiger charge is 2.15. The van der Waals surface area contributed by atoms with Gasteiger partial charge in [-0.3, -0.25) is 0 Å². The van der Waals surface area contributed by atoms with Crippen molar-refractivity contribution in [3.63, 3.8) is 0 Å². The monoisotopic (exact) mass is 328 g/mol. The van der Waals surface area contributed by atoms with Crippen molar-refractivity contribution < 1.29 is 14.2 Å². The second-order valence-electron chi connectivity index (χ2n) is 4.66. The number of anilines is 1. The summed E-state index contributed by atoms with van der Waals surface area (Å²) in [5.74, 6) is 1.18. The summed E-state index contributed by atoms with van der Waals surface area (Å²) in [5.41, 5.74) is 7.65. The molecule has 0 aliphatic carbocycles. The number of pyridine rings is 1. The molecule has 0 bridgehead atoms. The molecule has 0 aromatic carbocycles. The molecular weight excluding hydrogens is 312 g/mol. The van der Waals surface area contributed by atoms with E-state index in [1.54, 1.807) is 18.3 Å². The molecule has 2 N–H and O–H groups in total. The summed E-state index contributed by atoms with van der Waals surface area (Å²) < 4.78 is 15.9. The molecule has 24 heavy (non-hydrogen) atoms. The van der Waals surface area contributed by atoms with Gasteiger partial charge in [0.1, 0.15) is 0 Å². The van der Waals surface area contributed by atoms with Gasteiger partial charge < -0.3 is 19.9 Å². The number of ether oxygens (including phenoxy) is 3. The van der Waals surface area contributed by atoms with Crippen LogP contribution in [0.1, 0.15) is 6.92 Å². The van der Waals surface area contributed by atoms with E-state index in [9.17, 15) is 0 Å². The van der Waals surface area contributed by atoms with Gasteiger partial charge in [-0.2, -0.15) is 15.0 Å². The van der Waals surface area contributed by atoms with E-state index in [4.69, 9.17) is 19.9 Å². The second-order valence-corrected chi connectivity index (χ2v) is 4.66. The Kier molecular flexibility index (Phi) is 4.23. The lowest BCUT2D eigenvalue weighted by Crippen LogP contribution is -2.04. The van der Waals surface area contributed by atoms with Crippen molar-refractivity contribution in [3.05, 3.63) is 18.3 Å². The van der Waals surface area contributed by atoms with Crippen LogP contribution in [0.4, 0.5) is 5.95 Å². The molecule has 124 valence electrons. The molecular formula is C15H16N6O3. The lowest BCUT2D eigenvalue weighted by atomic mass is 10.2. The molecule has 0 saturated carbocycles. The third-order valence-electron chi connectivity index (χ3n) is 3.19. The fourth-order valence-electron chi connectivity index (χ4n) is 2.15. The molecule has 3 aromatic rings. The highest BCUT2D eigenvalue weighted by atomic mass is 16.5. The van der Waals surface area contributed by atoms with E-state index in [0.29, 0.717) is 40.8 Å². The van der Waals surface area contributed by atoms with Gasteiger partial charge in [0.05, 0.1) is 38.3 Å². The van der Waals surface area contributed by atoms with Gasteiger partial charge in [-0.15, -0.1) is 0 Å². The van der Waals surface area contributed by atoms with Crippen molar-refractivity contribution >= 4 is 17.1 Å². The molecule has 3 heterocycles. The van der Waals surface area contributed by atoms with Gasteiger partial charge in [0.25, 0.3) is 0 Å². The van der Waals surface area contributed by atoms with E-state index in [2.05, 4.69) is 24.9 Å². The van der Waals surface area contributed by atoms with Crippen molar-refractivity contribution in [2.75, 3.05) is 26.6 Å². The van der Waals surface area contributed by atoms with E-state index in [1.807, 2.05) is 6.92 Å². The fraction of sp³-hybridized carbons (Fsp3) is 0.267. The molecule has 0 saturated heterocycles. The zero-order valence-electron chi connectivity index (χ0n) is 13.5. The highest BCUT2D eigenvalue weighted by Crippen LogP contribution is 2.30. The maximum Gasteiger partial charge on any atom is 0.247 e. The molecule has 0 amide bonds. The third kappa shape index (κ3) is 2.83. The maximum atomic E-state index is 5.67. The molecule has 3 aromatic heterocycles. The van der Waals surface area contributed by atoms with Crippen molar-refractivity contribution in [2.45, 2.75) is 6.92 Å². The number of nitrogens with two attached hydrogens (primary N) is 1. The molecule has 3 rings (SSSR count). The van der Waals surface area contributed by atoms with Crippen molar-refractivity contribution in [1.82, 2.24) is 24.9 Å². The van der Waals surface area contributed by atoms with E-state index >= 15 is 0 Å². The topological polar surface area (TPSA) is 118 Å². The molecule has 0 atom stereocenters. The van der Waals surface area contributed by atoms with E-state index < -0.39 is 0 Å². The maximum absolute atomic E-state index is 5.67. The van der Waals surface area contributed by atoms with Crippen LogP contribution in [-0.4, -0.2) is 45.7 Å².